The quantitative estimate of drug-likeness (QED) is 0.720. The molecular weight excluding hydrogens is 246 g/mol. The molecule has 0 bridgehead atoms. The molecule has 0 saturated heterocycles. The molecule has 0 saturated carbocycles. The zero-order chi connectivity index (χ0) is 10.5. The minimum atomic E-state index is -0.554. The third-order valence-electron chi connectivity index (χ3n) is 2.40. The van der Waals surface area contributed by atoms with Gasteiger partial charge >= 0.3 is 0 Å². The molecule has 1 aromatic rings. The molecule has 1 aliphatic rings. The van der Waals surface area contributed by atoms with Gasteiger partial charge in [-0.05, 0) is 36.7 Å². The molecule has 74 valence electrons. The van der Waals surface area contributed by atoms with Crippen molar-refractivity contribution < 1.29 is 4.79 Å². The SMILES string of the molecule is Cc1nc(Br)c2c(n1)NC(=O)C2(C)C. The van der Waals surface area contributed by atoms with Gasteiger partial charge in [0.2, 0.25) is 5.91 Å². The van der Waals surface area contributed by atoms with Crippen molar-refractivity contribution in [1.29, 1.82) is 0 Å². The van der Waals surface area contributed by atoms with Crippen molar-refractivity contribution >= 4 is 27.7 Å². The highest BCUT2D eigenvalue weighted by atomic mass is 79.9. The van der Waals surface area contributed by atoms with Crippen LogP contribution in [0.2, 0.25) is 0 Å². The Labute approximate surface area is 90.3 Å². The predicted molar refractivity (Wildman–Crippen MR) is 56.1 cm³/mol. The first kappa shape index (κ1) is 9.58. The number of fused-ring (bicyclic) bond motifs is 1. The first-order valence-corrected chi connectivity index (χ1v) is 5.08. The molecule has 5 heteroatoms. The maximum atomic E-state index is 11.6. The summed E-state index contributed by atoms with van der Waals surface area (Å²) >= 11 is 3.36. The molecule has 2 heterocycles. The van der Waals surface area contributed by atoms with E-state index in [2.05, 4.69) is 31.2 Å². The van der Waals surface area contributed by atoms with Crippen molar-refractivity contribution in [1.82, 2.24) is 9.97 Å². The van der Waals surface area contributed by atoms with Crippen LogP contribution in [0.3, 0.4) is 0 Å². The van der Waals surface area contributed by atoms with Crippen LogP contribution in [-0.4, -0.2) is 15.9 Å². The van der Waals surface area contributed by atoms with Crippen molar-refractivity contribution in [3.05, 3.63) is 16.0 Å². The number of hydrogen-bond donors (Lipinski definition) is 1. The molecule has 0 aromatic carbocycles. The van der Waals surface area contributed by atoms with Crippen molar-refractivity contribution in [2.45, 2.75) is 26.2 Å². The number of amides is 1. The molecule has 2 rings (SSSR count). The molecule has 1 aromatic heterocycles. The third-order valence-corrected chi connectivity index (χ3v) is 2.98. The molecule has 0 atom stereocenters. The number of carbonyl (C=O) groups excluding carboxylic acids is 1. The normalized spacial score (nSPS) is 17.9. The number of aryl methyl sites for hydroxylation is 1. The van der Waals surface area contributed by atoms with Crippen LogP contribution >= 0.6 is 15.9 Å². The number of anilines is 1. The van der Waals surface area contributed by atoms with Gasteiger partial charge in [-0.2, -0.15) is 0 Å². The van der Waals surface area contributed by atoms with Crippen LogP contribution in [-0.2, 0) is 10.2 Å². The number of halogens is 1. The molecule has 14 heavy (non-hydrogen) atoms. The first-order chi connectivity index (χ1) is 6.43. The van der Waals surface area contributed by atoms with Gasteiger partial charge in [0.1, 0.15) is 16.2 Å². The van der Waals surface area contributed by atoms with Crippen molar-refractivity contribution in [3.63, 3.8) is 0 Å². The van der Waals surface area contributed by atoms with E-state index in [1.807, 2.05) is 13.8 Å². The van der Waals surface area contributed by atoms with Gasteiger partial charge in [-0.25, -0.2) is 9.97 Å². The number of rotatable bonds is 0. The zero-order valence-electron chi connectivity index (χ0n) is 8.18. The van der Waals surface area contributed by atoms with Crippen LogP contribution in [0.5, 0.6) is 0 Å². The summed E-state index contributed by atoms with van der Waals surface area (Å²) in [5.74, 6) is 1.24. The molecule has 0 unspecified atom stereocenters. The molecule has 1 N–H and O–H groups in total. The number of hydrogen-bond acceptors (Lipinski definition) is 3. The number of nitrogens with one attached hydrogen (secondary N) is 1. The average molecular weight is 256 g/mol. The molecule has 0 radical (unpaired) electrons. The van der Waals surface area contributed by atoms with E-state index in [-0.39, 0.29) is 5.91 Å². The highest BCUT2D eigenvalue weighted by Crippen LogP contribution is 2.39. The molecule has 0 aliphatic carbocycles. The van der Waals surface area contributed by atoms with E-state index in [0.29, 0.717) is 16.2 Å². The van der Waals surface area contributed by atoms with Gasteiger partial charge in [0.25, 0.3) is 0 Å². The van der Waals surface area contributed by atoms with Crippen LogP contribution in [0.15, 0.2) is 4.60 Å². The van der Waals surface area contributed by atoms with Crippen molar-refractivity contribution in [2.75, 3.05) is 5.32 Å². The summed E-state index contributed by atoms with van der Waals surface area (Å²) in [5.41, 5.74) is 0.287. The second-order valence-electron chi connectivity index (χ2n) is 3.86. The summed E-state index contributed by atoms with van der Waals surface area (Å²) in [5, 5.41) is 2.75. The highest BCUT2D eigenvalue weighted by Gasteiger charge is 2.41. The highest BCUT2D eigenvalue weighted by molar-refractivity contribution is 9.10. The third kappa shape index (κ3) is 1.15. The predicted octanol–water partition coefficient (Wildman–Crippen LogP) is 1.78. The van der Waals surface area contributed by atoms with Gasteiger partial charge in [0.05, 0.1) is 5.41 Å². The van der Waals surface area contributed by atoms with Gasteiger partial charge in [-0.3, -0.25) is 4.79 Å². The van der Waals surface area contributed by atoms with E-state index in [0.717, 1.165) is 5.56 Å². The van der Waals surface area contributed by atoms with E-state index in [9.17, 15) is 4.79 Å². The van der Waals surface area contributed by atoms with E-state index in [1.165, 1.54) is 0 Å². The Hall–Kier alpha value is -0.970. The van der Waals surface area contributed by atoms with Crippen LogP contribution in [0.4, 0.5) is 5.82 Å². The Morgan fingerprint density at radius 1 is 1.36 bits per heavy atom. The summed E-state index contributed by atoms with van der Waals surface area (Å²) < 4.78 is 0.698. The van der Waals surface area contributed by atoms with Gasteiger partial charge in [0, 0.05) is 5.56 Å². The lowest BCUT2D eigenvalue weighted by molar-refractivity contribution is -0.119. The van der Waals surface area contributed by atoms with Crippen LogP contribution in [0, 0.1) is 6.92 Å². The van der Waals surface area contributed by atoms with E-state index in [1.54, 1.807) is 6.92 Å². The maximum absolute atomic E-state index is 11.6. The smallest absolute Gasteiger partial charge is 0.235 e. The minimum Gasteiger partial charge on any atom is -0.310 e. The summed E-state index contributed by atoms with van der Waals surface area (Å²) in [4.78, 5) is 20.0. The lowest BCUT2D eigenvalue weighted by atomic mass is 9.88. The maximum Gasteiger partial charge on any atom is 0.235 e. The number of carbonyl (C=O) groups is 1. The summed E-state index contributed by atoms with van der Waals surface area (Å²) in [6.45, 7) is 5.51. The van der Waals surface area contributed by atoms with Gasteiger partial charge < -0.3 is 5.32 Å². The van der Waals surface area contributed by atoms with E-state index in [4.69, 9.17) is 0 Å². The van der Waals surface area contributed by atoms with Crippen LogP contribution in [0.25, 0.3) is 0 Å². The number of nitrogens with zero attached hydrogens (tertiary/aromatic N) is 2. The first-order valence-electron chi connectivity index (χ1n) is 4.29. The monoisotopic (exact) mass is 255 g/mol. The fourth-order valence-corrected chi connectivity index (χ4v) is 2.50. The lowest BCUT2D eigenvalue weighted by Crippen LogP contribution is -2.27. The lowest BCUT2D eigenvalue weighted by Gasteiger charge is -2.15. The summed E-state index contributed by atoms with van der Waals surface area (Å²) in [6, 6.07) is 0. The second kappa shape index (κ2) is 2.76. The van der Waals surface area contributed by atoms with Crippen LogP contribution in [0.1, 0.15) is 25.2 Å². The average Bonchev–Trinajstić information content (AvgIpc) is 2.21. The molecule has 1 amide bonds. The Kier molecular flexibility index (Phi) is 1.89. The molecular formula is C9H10BrN3O. The Balaban J connectivity index is 2.71. The Morgan fingerprint density at radius 3 is 2.64 bits per heavy atom. The van der Waals surface area contributed by atoms with Gasteiger partial charge in [0.15, 0.2) is 0 Å². The molecule has 0 spiro atoms. The second-order valence-corrected chi connectivity index (χ2v) is 4.62. The Bertz CT molecular complexity index is 428. The van der Waals surface area contributed by atoms with E-state index >= 15 is 0 Å². The topological polar surface area (TPSA) is 54.9 Å². The van der Waals surface area contributed by atoms with Gasteiger partial charge in [-0.15, -0.1) is 0 Å². The van der Waals surface area contributed by atoms with Crippen molar-refractivity contribution in [2.24, 2.45) is 0 Å². The zero-order valence-corrected chi connectivity index (χ0v) is 9.77. The fourth-order valence-electron chi connectivity index (χ4n) is 1.56. The minimum absolute atomic E-state index is 0.0342. The molecule has 1 aliphatic heterocycles. The summed E-state index contributed by atoms with van der Waals surface area (Å²) in [7, 11) is 0. The largest absolute Gasteiger partial charge is 0.310 e. The molecule has 0 fully saturated rings. The van der Waals surface area contributed by atoms with E-state index < -0.39 is 5.41 Å². The van der Waals surface area contributed by atoms with Crippen LogP contribution < -0.4 is 5.32 Å². The van der Waals surface area contributed by atoms with Gasteiger partial charge in [-0.1, -0.05) is 0 Å². The number of aromatic nitrogens is 2. The molecule has 4 nitrogen and oxygen atoms in total. The summed E-state index contributed by atoms with van der Waals surface area (Å²) in [6.07, 6.45) is 0. The fraction of sp³-hybridized carbons (Fsp3) is 0.444. The van der Waals surface area contributed by atoms with Crippen molar-refractivity contribution in [3.8, 4) is 0 Å². The standard InChI is InChI=1S/C9H10BrN3O/c1-4-11-6(10)5-7(12-4)13-8(14)9(5,2)3/h1-3H3,(H,11,12,13,14). The Morgan fingerprint density at radius 2 is 2.00 bits per heavy atom.